The monoisotopic (exact) mass is 498 g/mol. The van der Waals surface area contributed by atoms with Crippen LogP contribution < -0.4 is 0 Å². The van der Waals surface area contributed by atoms with Crippen molar-refractivity contribution in [2.24, 2.45) is 0 Å². The second kappa shape index (κ2) is 8.09. The van der Waals surface area contributed by atoms with Gasteiger partial charge in [0.1, 0.15) is 0 Å². The highest BCUT2D eigenvalue weighted by Crippen LogP contribution is 2.54. The van der Waals surface area contributed by atoms with Crippen molar-refractivity contribution in [3.05, 3.63) is 133 Å². The van der Waals surface area contributed by atoms with Crippen LogP contribution in [0.25, 0.3) is 66.0 Å². The molecule has 1 aliphatic rings. The molecular weight excluding hydrogens is 472 g/mol. The molecule has 0 aliphatic heterocycles. The Labute approximate surface area is 227 Å². The maximum atomic E-state index is 5.37. The van der Waals surface area contributed by atoms with Crippen LogP contribution in [0.3, 0.4) is 0 Å². The Bertz CT molecular complexity index is 2090. The van der Waals surface area contributed by atoms with Gasteiger partial charge in [-0.2, -0.15) is 0 Å². The largest absolute Gasteiger partial charge is 0.265 e. The third-order valence-corrected chi connectivity index (χ3v) is 8.54. The number of nitrogens with zero attached hydrogens (tertiary/aromatic N) is 2. The summed E-state index contributed by atoms with van der Waals surface area (Å²) in [5.41, 5.74) is 10.8. The molecule has 2 aromatic heterocycles. The van der Waals surface area contributed by atoms with Crippen LogP contribution in [-0.4, -0.2) is 9.97 Å². The average molecular weight is 499 g/mol. The first-order chi connectivity index (χ1) is 19.1. The Balaban J connectivity index is 1.58. The Morgan fingerprint density at radius 3 is 2.05 bits per heavy atom. The molecule has 0 atom stereocenters. The molecule has 2 heteroatoms. The third-order valence-electron chi connectivity index (χ3n) is 8.54. The summed E-state index contributed by atoms with van der Waals surface area (Å²) in [5, 5.41) is 6.21. The van der Waals surface area contributed by atoms with Gasteiger partial charge in [0, 0.05) is 28.8 Å². The Morgan fingerprint density at radius 2 is 1.23 bits per heavy atom. The van der Waals surface area contributed by atoms with Crippen LogP contribution in [0.2, 0.25) is 0 Å². The molecule has 0 amide bonds. The number of rotatable bonds is 2. The summed E-state index contributed by atoms with van der Waals surface area (Å²) < 4.78 is 0. The van der Waals surface area contributed by atoms with Crippen molar-refractivity contribution >= 4 is 32.4 Å². The lowest BCUT2D eigenvalue weighted by Crippen LogP contribution is -2.17. The molecule has 39 heavy (non-hydrogen) atoms. The molecule has 7 aromatic rings. The van der Waals surface area contributed by atoms with Gasteiger partial charge in [0.15, 0.2) is 0 Å². The molecule has 0 N–H and O–H groups in total. The number of fused-ring (bicyclic) bond motifs is 7. The van der Waals surface area contributed by atoms with Gasteiger partial charge in [-0.25, -0.2) is 4.98 Å². The van der Waals surface area contributed by atoms with Crippen molar-refractivity contribution in [3.63, 3.8) is 0 Å². The van der Waals surface area contributed by atoms with E-state index in [0.29, 0.717) is 0 Å². The molecule has 2 nitrogen and oxygen atoms in total. The van der Waals surface area contributed by atoms with E-state index in [1.807, 2.05) is 12.4 Å². The fourth-order valence-electron chi connectivity index (χ4n) is 6.78. The van der Waals surface area contributed by atoms with E-state index in [2.05, 4.69) is 128 Å². The number of aromatic nitrogens is 2. The van der Waals surface area contributed by atoms with Crippen LogP contribution in [0.15, 0.2) is 122 Å². The lowest BCUT2D eigenvalue weighted by Gasteiger charge is -2.26. The predicted octanol–water partition coefficient (Wildman–Crippen LogP) is 9.58. The Kier molecular flexibility index (Phi) is 4.60. The van der Waals surface area contributed by atoms with Crippen LogP contribution in [0.1, 0.15) is 25.0 Å². The quantitative estimate of drug-likeness (QED) is 0.222. The first-order valence-corrected chi connectivity index (χ1v) is 13.5. The summed E-state index contributed by atoms with van der Waals surface area (Å²) >= 11 is 0. The number of hydrogen-bond donors (Lipinski definition) is 0. The molecule has 0 bridgehead atoms. The van der Waals surface area contributed by atoms with Gasteiger partial charge in [0.2, 0.25) is 0 Å². The van der Waals surface area contributed by atoms with Gasteiger partial charge in [0.25, 0.3) is 0 Å². The van der Waals surface area contributed by atoms with Gasteiger partial charge in [0.05, 0.1) is 11.2 Å². The molecule has 0 radical (unpaired) electrons. The molecule has 0 unspecified atom stereocenters. The summed E-state index contributed by atoms with van der Waals surface area (Å²) in [5.74, 6) is 0. The highest BCUT2D eigenvalue weighted by atomic mass is 14.7. The fraction of sp³-hybridized carbons (Fsp3) is 0.0811. The minimum atomic E-state index is -0.190. The van der Waals surface area contributed by atoms with Crippen LogP contribution in [0.5, 0.6) is 0 Å². The summed E-state index contributed by atoms with van der Waals surface area (Å²) in [7, 11) is 0. The zero-order chi connectivity index (χ0) is 26.1. The SMILES string of the molecule is CC1(C)c2ccccc2-c2nc3ccc4ccccc4c3c(-c3ccc(-c4ccncc4)c4ccccc34)c21. The first-order valence-electron chi connectivity index (χ1n) is 13.5. The van der Waals surface area contributed by atoms with Gasteiger partial charge in [-0.3, -0.25) is 4.98 Å². The van der Waals surface area contributed by atoms with Crippen molar-refractivity contribution in [2.75, 3.05) is 0 Å². The standard InChI is InChI=1S/C37H26N2/c1-37(2)31-14-8-7-13-30(31)36-35(37)34(33-26-10-4-3-9-23(26)15-18-32(33)39-36)29-17-16-25(24-19-21-38-22-20-24)27-11-5-6-12-28(27)29/h3-22H,1-2H3. The minimum Gasteiger partial charge on any atom is -0.265 e. The van der Waals surface area contributed by atoms with Gasteiger partial charge < -0.3 is 0 Å². The zero-order valence-corrected chi connectivity index (χ0v) is 21.9. The van der Waals surface area contributed by atoms with E-state index in [-0.39, 0.29) is 5.41 Å². The van der Waals surface area contributed by atoms with Crippen LogP contribution in [-0.2, 0) is 5.41 Å². The second-order valence-electron chi connectivity index (χ2n) is 11.0. The smallest absolute Gasteiger partial charge is 0.0759 e. The van der Waals surface area contributed by atoms with Crippen LogP contribution in [0.4, 0.5) is 0 Å². The van der Waals surface area contributed by atoms with E-state index in [1.54, 1.807) is 0 Å². The summed E-state index contributed by atoms with van der Waals surface area (Å²) in [6.45, 7) is 4.71. The maximum Gasteiger partial charge on any atom is 0.0759 e. The van der Waals surface area contributed by atoms with Crippen molar-refractivity contribution in [1.82, 2.24) is 9.97 Å². The molecule has 0 saturated heterocycles. The highest BCUT2D eigenvalue weighted by Gasteiger charge is 2.40. The fourth-order valence-corrected chi connectivity index (χ4v) is 6.78. The zero-order valence-electron chi connectivity index (χ0n) is 21.9. The van der Waals surface area contributed by atoms with Crippen LogP contribution >= 0.6 is 0 Å². The number of benzene rings is 5. The number of pyridine rings is 2. The topological polar surface area (TPSA) is 25.8 Å². The van der Waals surface area contributed by atoms with E-state index in [4.69, 9.17) is 4.98 Å². The van der Waals surface area contributed by atoms with E-state index >= 15 is 0 Å². The van der Waals surface area contributed by atoms with Crippen molar-refractivity contribution in [2.45, 2.75) is 19.3 Å². The molecule has 0 fully saturated rings. The van der Waals surface area contributed by atoms with E-state index in [1.165, 1.54) is 65.9 Å². The first kappa shape index (κ1) is 22.2. The van der Waals surface area contributed by atoms with Gasteiger partial charge >= 0.3 is 0 Å². The molecule has 184 valence electrons. The Hall–Kier alpha value is -4.82. The average Bonchev–Trinajstić information content (AvgIpc) is 3.22. The third kappa shape index (κ3) is 3.09. The predicted molar refractivity (Wildman–Crippen MR) is 163 cm³/mol. The Morgan fingerprint density at radius 1 is 0.564 bits per heavy atom. The highest BCUT2D eigenvalue weighted by molar-refractivity contribution is 6.19. The second-order valence-corrected chi connectivity index (χ2v) is 11.0. The minimum absolute atomic E-state index is 0.190. The molecule has 5 aromatic carbocycles. The van der Waals surface area contributed by atoms with Crippen molar-refractivity contribution in [3.8, 4) is 33.5 Å². The summed E-state index contributed by atoms with van der Waals surface area (Å²) in [6, 6.07) is 39.5. The summed E-state index contributed by atoms with van der Waals surface area (Å²) in [6.07, 6.45) is 3.74. The molecule has 0 saturated carbocycles. The van der Waals surface area contributed by atoms with Gasteiger partial charge in [-0.05, 0) is 73.1 Å². The van der Waals surface area contributed by atoms with Gasteiger partial charge in [-0.15, -0.1) is 0 Å². The molecule has 0 spiro atoms. The van der Waals surface area contributed by atoms with Crippen molar-refractivity contribution in [1.29, 1.82) is 0 Å². The number of hydrogen-bond acceptors (Lipinski definition) is 2. The summed E-state index contributed by atoms with van der Waals surface area (Å²) in [4.78, 5) is 9.61. The molecule has 8 rings (SSSR count). The van der Waals surface area contributed by atoms with Crippen molar-refractivity contribution < 1.29 is 0 Å². The maximum absolute atomic E-state index is 5.37. The normalized spacial score (nSPS) is 13.6. The van der Waals surface area contributed by atoms with E-state index in [9.17, 15) is 0 Å². The molecule has 1 aliphatic carbocycles. The van der Waals surface area contributed by atoms with E-state index in [0.717, 1.165) is 11.2 Å². The molecular formula is C37H26N2. The lowest BCUT2D eigenvalue weighted by atomic mass is 9.77. The molecule has 2 heterocycles. The van der Waals surface area contributed by atoms with Gasteiger partial charge in [-0.1, -0.05) is 105 Å². The van der Waals surface area contributed by atoms with E-state index < -0.39 is 0 Å². The van der Waals surface area contributed by atoms with Crippen LogP contribution in [0, 0.1) is 0 Å². The lowest BCUT2D eigenvalue weighted by molar-refractivity contribution is 0.662.